The van der Waals surface area contributed by atoms with Gasteiger partial charge in [-0.3, -0.25) is 0 Å². The van der Waals surface area contributed by atoms with Gasteiger partial charge in [0.1, 0.15) is 11.9 Å². The van der Waals surface area contributed by atoms with E-state index in [-0.39, 0.29) is 48.4 Å². The van der Waals surface area contributed by atoms with E-state index < -0.39 is 6.61 Å². The van der Waals surface area contributed by atoms with Gasteiger partial charge in [0.2, 0.25) is 0 Å². The zero-order valence-corrected chi connectivity index (χ0v) is 22.0. The zero-order valence-electron chi connectivity index (χ0n) is 22.0. The fourth-order valence-corrected chi connectivity index (χ4v) is 6.02. The molecule has 200 valence electrons. The van der Waals surface area contributed by atoms with Crippen LogP contribution in [-0.2, 0) is 18.9 Å². The molecule has 2 aliphatic heterocycles. The molecule has 6 heteroatoms. The van der Waals surface area contributed by atoms with Crippen molar-refractivity contribution in [1.29, 1.82) is 0 Å². The molecular weight excluding hydrogens is 459 g/mol. The highest BCUT2D eigenvalue weighted by Crippen LogP contribution is 2.52. The van der Waals surface area contributed by atoms with Crippen LogP contribution in [0, 0.1) is 47.4 Å². The summed E-state index contributed by atoms with van der Waals surface area (Å²) < 4.78 is 38.9. The van der Waals surface area contributed by atoms with Gasteiger partial charge in [-0.1, -0.05) is 25.7 Å². The summed E-state index contributed by atoms with van der Waals surface area (Å²) in [5, 5.41) is 9.33. The normalized spacial score (nSPS) is 35.1. The predicted octanol–water partition coefficient (Wildman–Crippen LogP) is 5.52. The molecule has 0 aromatic heterocycles. The van der Waals surface area contributed by atoms with Crippen LogP contribution in [0.1, 0.15) is 84.5 Å². The second-order valence-electron chi connectivity index (χ2n) is 10.8. The van der Waals surface area contributed by atoms with Crippen LogP contribution in [0.4, 0.5) is 4.39 Å². The third-order valence-corrected chi connectivity index (χ3v) is 8.05. The van der Waals surface area contributed by atoms with Crippen LogP contribution in [0.2, 0.25) is 0 Å². The van der Waals surface area contributed by atoms with Crippen LogP contribution in [-0.4, -0.2) is 49.7 Å². The lowest BCUT2D eigenvalue weighted by Crippen LogP contribution is -2.32. The molecule has 2 heterocycles. The number of hydrogen-bond donors (Lipinski definition) is 1. The third kappa shape index (κ3) is 7.33. The van der Waals surface area contributed by atoms with Gasteiger partial charge in [0.15, 0.2) is 12.6 Å². The summed E-state index contributed by atoms with van der Waals surface area (Å²) in [5.41, 5.74) is 0.748. The van der Waals surface area contributed by atoms with Gasteiger partial charge in [-0.05, 0) is 75.2 Å². The van der Waals surface area contributed by atoms with Gasteiger partial charge < -0.3 is 24.1 Å². The van der Waals surface area contributed by atoms with Crippen LogP contribution in [0.25, 0.3) is 0 Å². The summed E-state index contributed by atoms with van der Waals surface area (Å²) in [7, 11) is 0. The summed E-state index contributed by atoms with van der Waals surface area (Å²) in [5.74, 6) is 13.7. The molecule has 36 heavy (non-hydrogen) atoms. The highest BCUT2D eigenvalue weighted by molar-refractivity contribution is 5.24. The lowest BCUT2D eigenvalue weighted by atomic mass is 9.90. The molecule has 4 rings (SSSR count). The van der Waals surface area contributed by atoms with Gasteiger partial charge in [-0.25, -0.2) is 4.39 Å². The minimum absolute atomic E-state index is 0.0168. The van der Waals surface area contributed by atoms with Crippen molar-refractivity contribution in [3.05, 3.63) is 11.4 Å². The first-order valence-corrected chi connectivity index (χ1v) is 14.1. The maximum absolute atomic E-state index is 14.3. The van der Waals surface area contributed by atoms with E-state index in [9.17, 15) is 9.50 Å². The molecule has 0 radical (unpaired) electrons. The molecule has 0 spiro atoms. The molecule has 0 aromatic rings. The van der Waals surface area contributed by atoms with Gasteiger partial charge in [-0.2, -0.15) is 0 Å². The Bertz CT molecular complexity index is 852. The second kappa shape index (κ2) is 13.9. The van der Waals surface area contributed by atoms with Crippen LogP contribution < -0.4 is 0 Å². The van der Waals surface area contributed by atoms with Gasteiger partial charge in [-0.15, -0.1) is 11.8 Å². The van der Waals surface area contributed by atoms with Crippen LogP contribution in [0.15, 0.2) is 11.4 Å². The average Bonchev–Trinajstić information content (AvgIpc) is 3.45. The van der Waals surface area contributed by atoms with Gasteiger partial charge >= 0.3 is 0 Å². The van der Waals surface area contributed by atoms with Crippen molar-refractivity contribution in [1.82, 2.24) is 0 Å². The number of aliphatic hydroxyl groups excluding tert-OH is 1. The van der Waals surface area contributed by atoms with E-state index in [1.165, 1.54) is 0 Å². The lowest BCUT2D eigenvalue weighted by molar-refractivity contribution is -0.192. The summed E-state index contributed by atoms with van der Waals surface area (Å²) in [6, 6.07) is 0. The first-order valence-electron chi connectivity index (χ1n) is 14.1. The summed E-state index contributed by atoms with van der Waals surface area (Å²) in [6.45, 7) is 5.14. The molecule has 5 nitrogen and oxygen atoms in total. The Morgan fingerprint density at radius 3 is 2.50 bits per heavy atom. The number of halogens is 1. The van der Waals surface area contributed by atoms with Crippen molar-refractivity contribution in [2.45, 2.75) is 109 Å². The topological polar surface area (TPSA) is 57.2 Å². The summed E-state index contributed by atoms with van der Waals surface area (Å²) >= 11 is 0. The first kappa shape index (κ1) is 27.6. The highest BCUT2D eigenvalue weighted by Gasteiger charge is 2.48. The molecule has 1 N–H and O–H groups in total. The maximum atomic E-state index is 14.3. The Kier molecular flexibility index (Phi) is 10.7. The van der Waals surface area contributed by atoms with Crippen molar-refractivity contribution >= 4 is 0 Å². The minimum Gasteiger partial charge on any atom is -0.389 e. The molecule has 0 amide bonds. The summed E-state index contributed by atoms with van der Waals surface area (Å²) in [4.78, 5) is 0. The predicted molar refractivity (Wildman–Crippen MR) is 136 cm³/mol. The zero-order chi connectivity index (χ0) is 25.3. The molecule has 0 aromatic carbocycles. The first-order chi connectivity index (χ1) is 17.6. The molecule has 4 aliphatic rings. The van der Waals surface area contributed by atoms with Gasteiger partial charge in [0.05, 0.1) is 18.6 Å². The lowest BCUT2D eigenvalue weighted by Gasteiger charge is -2.29. The third-order valence-electron chi connectivity index (χ3n) is 8.05. The van der Waals surface area contributed by atoms with Crippen LogP contribution >= 0.6 is 0 Å². The Balaban J connectivity index is 1.53. The average molecular weight is 503 g/mol. The van der Waals surface area contributed by atoms with Crippen molar-refractivity contribution in [3.63, 3.8) is 0 Å². The van der Waals surface area contributed by atoms with Gasteiger partial charge in [0, 0.05) is 32.0 Å². The standard InChI is InChI=1S/C30H43FO5/c1-3-4-5-10-21(2)27(35-29-11-6-8-15-33-29)14-13-24-25-18-23(26(31)20-32)17-22(25)19-28(24)36-30-12-7-9-16-34-30/h21-22,24-25,27-30,32H,3,6-12,15-20H2,1-2H3/b26-23-/t21?,22-,24+,25-,27+,28+,29?,30?/m0/s1. The van der Waals surface area contributed by atoms with Crippen LogP contribution in [0.3, 0.4) is 0 Å². The Morgan fingerprint density at radius 1 is 1.08 bits per heavy atom. The molecule has 3 unspecified atom stereocenters. The largest absolute Gasteiger partial charge is 0.389 e. The quantitative estimate of drug-likeness (QED) is 0.465. The number of allylic oxidation sites excluding steroid dienone is 1. The van der Waals surface area contributed by atoms with E-state index in [1.807, 2.05) is 0 Å². The number of rotatable bonds is 7. The summed E-state index contributed by atoms with van der Waals surface area (Å²) in [6.07, 6.45) is 9.17. The fourth-order valence-electron chi connectivity index (χ4n) is 6.02. The van der Waals surface area contributed by atoms with Crippen LogP contribution in [0.5, 0.6) is 0 Å². The molecule has 2 saturated heterocycles. The van der Waals surface area contributed by atoms with E-state index in [1.54, 1.807) is 0 Å². The van der Waals surface area contributed by atoms with Crippen molar-refractivity contribution in [2.75, 3.05) is 19.8 Å². The number of ether oxygens (including phenoxy) is 4. The minimum atomic E-state index is -0.519. The monoisotopic (exact) mass is 502 g/mol. The number of hydrogen-bond acceptors (Lipinski definition) is 5. The SMILES string of the molecule is CCC#CCC(C)[C@@H](C#C[C@@H]1[C@H]2C/C(=C(\F)CO)C[C@H]2C[C@H]1OC1CCCCO1)OC1CCCCO1. The number of fused-ring (bicyclic) bond motifs is 1. The molecule has 2 saturated carbocycles. The van der Waals surface area contributed by atoms with E-state index in [0.29, 0.717) is 18.8 Å². The Morgan fingerprint density at radius 2 is 1.83 bits per heavy atom. The fraction of sp³-hybridized carbons (Fsp3) is 0.800. The maximum Gasteiger partial charge on any atom is 0.159 e. The molecule has 4 fully saturated rings. The Hall–Kier alpha value is -1.41. The van der Waals surface area contributed by atoms with E-state index in [2.05, 4.69) is 37.5 Å². The molecule has 8 atom stereocenters. The van der Waals surface area contributed by atoms with Crippen molar-refractivity contribution < 1.29 is 28.4 Å². The van der Waals surface area contributed by atoms with Gasteiger partial charge in [0.25, 0.3) is 0 Å². The second-order valence-corrected chi connectivity index (χ2v) is 10.8. The molecule has 0 bridgehead atoms. The highest BCUT2D eigenvalue weighted by atomic mass is 19.1. The Labute approximate surface area is 216 Å². The smallest absolute Gasteiger partial charge is 0.159 e. The van der Waals surface area contributed by atoms with Crippen molar-refractivity contribution in [3.8, 4) is 23.7 Å². The molecule has 2 aliphatic carbocycles. The van der Waals surface area contributed by atoms with E-state index >= 15 is 0 Å². The van der Waals surface area contributed by atoms with E-state index in [4.69, 9.17) is 18.9 Å². The molecular formula is C30H43FO5. The van der Waals surface area contributed by atoms with Crippen molar-refractivity contribution in [2.24, 2.45) is 23.7 Å². The number of aliphatic hydroxyl groups is 1. The van der Waals surface area contributed by atoms with E-state index in [0.717, 1.165) is 76.6 Å².